The lowest BCUT2D eigenvalue weighted by Gasteiger charge is -2.12. The van der Waals surface area contributed by atoms with Gasteiger partial charge in [-0.3, -0.25) is 4.79 Å². The quantitative estimate of drug-likeness (QED) is 0.574. The number of aromatic nitrogens is 2. The van der Waals surface area contributed by atoms with Gasteiger partial charge >= 0.3 is 0 Å². The Bertz CT molecular complexity index is 926. The Hall–Kier alpha value is -3.26. The van der Waals surface area contributed by atoms with Gasteiger partial charge in [0.15, 0.2) is 0 Å². The van der Waals surface area contributed by atoms with E-state index in [0.717, 1.165) is 0 Å². The number of ether oxygens (including phenoxy) is 1. The first-order valence-electron chi connectivity index (χ1n) is 9.22. The lowest BCUT2D eigenvalue weighted by Crippen LogP contribution is -2.28. The van der Waals surface area contributed by atoms with Crippen LogP contribution in [0.2, 0.25) is 0 Å². The molecule has 0 spiro atoms. The van der Waals surface area contributed by atoms with Crippen molar-refractivity contribution in [3.05, 3.63) is 65.8 Å². The SMILES string of the molecule is COc1ccc(C(O)CNC(=O)CCCc2nc(-c3ccc(F)cc3)no2)cc1. The fourth-order valence-electron chi connectivity index (χ4n) is 2.72. The molecule has 3 rings (SSSR count). The van der Waals surface area contributed by atoms with Gasteiger partial charge < -0.3 is 19.7 Å². The molecule has 152 valence electrons. The summed E-state index contributed by atoms with van der Waals surface area (Å²) in [4.78, 5) is 16.2. The van der Waals surface area contributed by atoms with Crippen LogP contribution in [0.3, 0.4) is 0 Å². The summed E-state index contributed by atoms with van der Waals surface area (Å²) in [5.41, 5.74) is 1.36. The third-order valence-corrected chi connectivity index (χ3v) is 4.36. The predicted octanol–water partition coefficient (Wildman–Crippen LogP) is 3.06. The second-order valence-electron chi connectivity index (χ2n) is 6.47. The van der Waals surface area contributed by atoms with Crippen molar-refractivity contribution in [3.8, 4) is 17.1 Å². The monoisotopic (exact) mass is 399 g/mol. The number of aliphatic hydroxyl groups excluding tert-OH is 1. The number of carbonyl (C=O) groups is 1. The normalized spacial score (nSPS) is 11.8. The zero-order chi connectivity index (χ0) is 20.6. The Morgan fingerprint density at radius 1 is 1.21 bits per heavy atom. The van der Waals surface area contributed by atoms with E-state index in [-0.39, 0.29) is 24.7 Å². The van der Waals surface area contributed by atoms with Gasteiger partial charge in [-0.1, -0.05) is 17.3 Å². The maximum atomic E-state index is 13.0. The number of aliphatic hydroxyl groups is 1. The highest BCUT2D eigenvalue weighted by molar-refractivity contribution is 5.75. The Morgan fingerprint density at radius 2 is 1.93 bits per heavy atom. The van der Waals surface area contributed by atoms with Gasteiger partial charge in [0.2, 0.25) is 17.6 Å². The zero-order valence-electron chi connectivity index (χ0n) is 16.0. The van der Waals surface area contributed by atoms with Crippen molar-refractivity contribution >= 4 is 5.91 Å². The maximum absolute atomic E-state index is 13.0. The van der Waals surface area contributed by atoms with Crippen LogP contribution < -0.4 is 10.1 Å². The second kappa shape index (κ2) is 9.79. The highest BCUT2D eigenvalue weighted by Gasteiger charge is 2.12. The van der Waals surface area contributed by atoms with Gasteiger partial charge in [0, 0.05) is 24.9 Å². The van der Waals surface area contributed by atoms with Gasteiger partial charge in [0.1, 0.15) is 11.6 Å². The third-order valence-electron chi connectivity index (χ3n) is 4.36. The molecule has 29 heavy (non-hydrogen) atoms. The van der Waals surface area contributed by atoms with Crippen molar-refractivity contribution in [3.63, 3.8) is 0 Å². The number of hydrogen-bond acceptors (Lipinski definition) is 6. The number of hydrogen-bond donors (Lipinski definition) is 2. The van der Waals surface area contributed by atoms with Crippen molar-refractivity contribution in [1.29, 1.82) is 0 Å². The minimum absolute atomic E-state index is 0.125. The van der Waals surface area contributed by atoms with Crippen LogP contribution in [-0.4, -0.2) is 34.8 Å². The van der Waals surface area contributed by atoms with Crippen molar-refractivity contribution in [1.82, 2.24) is 15.5 Å². The molecule has 1 heterocycles. The van der Waals surface area contributed by atoms with Gasteiger partial charge in [-0.25, -0.2) is 4.39 Å². The number of carbonyl (C=O) groups excluding carboxylic acids is 1. The van der Waals surface area contributed by atoms with E-state index >= 15 is 0 Å². The van der Waals surface area contributed by atoms with Crippen molar-refractivity contribution < 1.29 is 23.6 Å². The lowest BCUT2D eigenvalue weighted by molar-refractivity contribution is -0.121. The Labute approximate surface area is 167 Å². The summed E-state index contributed by atoms with van der Waals surface area (Å²) < 4.78 is 23.2. The van der Waals surface area contributed by atoms with E-state index in [1.807, 2.05) is 0 Å². The van der Waals surface area contributed by atoms with Crippen molar-refractivity contribution in [2.75, 3.05) is 13.7 Å². The second-order valence-corrected chi connectivity index (χ2v) is 6.47. The lowest BCUT2D eigenvalue weighted by atomic mass is 10.1. The minimum Gasteiger partial charge on any atom is -0.497 e. The summed E-state index contributed by atoms with van der Waals surface area (Å²) in [5, 5.41) is 16.7. The van der Waals surface area contributed by atoms with Crippen LogP contribution in [0, 0.1) is 5.82 Å². The number of nitrogens with one attached hydrogen (secondary N) is 1. The minimum atomic E-state index is -0.793. The number of halogens is 1. The van der Waals surface area contributed by atoms with Gasteiger partial charge in [0.25, 0.3) is 0 Å². The van der Waals surface area contributed by atoms with E-state index in [1.165, 1.54) is 12.1 Å². The molecular weight excluding hydrogens is 377 g/mol. The van der Waals surface area contributed by atoms with Gasteiger partial charge in [-0.05, 0) is 48.4 Å². The summed E-state index contributed by atoms with van der Waals surface area (Å²) in [6, 6.07) is 12.8. The average molecular weight is 399 g/mol. The number of benzene rings is 2. The third kappa shape index (κ3) is 5.86. The molecule has 0 aliphatic rings. The van der Waals surface area contributed by atoms with Crippen LogP contribution in [0.1, 0.15) is 30.4 Å². The van der Waals surface area contributed by atoms with Crippen LogP contribution in [-0.2, 0) is 11.2 Å². The van der Waals surface area contributed by atoms with E-state index in [2.05, 4.69) is 15.5 Å². The van der Waals surface area contributed by atoms with Gasteiger partial charge in [-0.15, -0.1) is 0 Å². The van der Waals surface area contributed by atoms with Crippen LogP contribution in [0.5, 0.6) is 5.75 Å². The number of methoxy groups -OCH3 is 1. The molecule has 1 unspecified atom stereocenters. The Morgan fingerprint density at radius 3 is 2.62 bits per heavy atom. The van der Waals surface area contributed by atoms with Crippen LogP contribution in [0.4, 0.5) is 4.39 Å². The predicted molar refractivity (Wildman–Crippen MR) is 104 cm³/mol. The molecule has 0 aliphatic carbocycles. The fourth-order valence-corrected chi connectivity index (χ4v) is 2.72. The molecule has 1 atom stereocenters. The van der Waals surface area contributed by atoms with E-state index in [0.29, 0.717) is 41.4 Å². The molecule has 3 aromatic rings. The Balaban J connectivity index is 1.40. The average Bonchev–Trinajstić information content (AvgIpc) is 3.21. The highest BCUT2D eigenvalue weighted by Crippen LogP contribution is 2.18. The molecule has 1 amide bonds. The molecule has 1 aromatic heterocycles. The molecular formula is C21H22FN3O4. The first-order valence-corrected chi connectivity index (χ1v) is 9.22. The van der Waals surface area contributed by atoms with Gasteiger partial charge in [0.05, 0.1) is 13.2 Å². The molecule has 0 aliphatic heterocycles. The van der Waals surface area contributed by atoms with E-state index < -0.39 is 6.10 Å². The number of aryl methyl sites for hydroxylation is 1. The molecule has 0 fully saturated rings. The summed E-state index contributed by atoms with van der Waals surface area (Å²) in [5.74, 6) is 0.993. The molecule has 0 saturated heterocycles. The first-order chi connectivity index (χ1) is 14.0. The molecule has 0 bridgehead atoms. The first kappa shape index (κ1) is 20.5. The molecule has 2 N–H and O–H groups in total. The molecule has 0 saturated carbocycles. The zero-order valence-corrected chi connectivity index (χ0v) is 16.0. The van der Waals surface area contributed by atoms with Crippen molar-refractivity contribution in [2.24, 2.45) is 0 Å². The largest absolute Gasteiger partial charge is 0.497 e. The van der Waals surface area contributed by atoms with Crippen LogP contribution >= 0.6 is 0 Å². The van der Waals surface area contributed by atoms with Crippen LogP contribution in [0.15, 0.2) is 53.1 Å². The summed E-state index contributed by atoms with van der Waals surface area (Å²) in [7, 11) is 1.57. The summed E-state index contributed by atoms with van der Waals surface area (Å²) in [6.45, 7) is 0.125. The standard InChI is InChI=1S/C21H22FN3O4/c1-28-17-11-7-14(8-12-17)18(26)13-23-19(27)3-2-4-20-24-21(25-29-20)15-5-9-16(22)10-6-15/h5-12,18,26H,2-4,13H2,1H3,(H,23,27). The van der Waals surface area contributed by atoms with Crippen molar-refractivity contribution in [2.45, 2.75) is 25.4 Å². The van der Waals surface area contributed by atoms with E-state index in [4.69, 9.17) is 9.26 Å². The fraction of sp³-hybridized carbons (Fsp3) is 0.286. The number of amides is 1. The topological polar surface area (TPSA) is 97.5 Å². The van der Waals surface area contributed by atoms with E-state index in [1.54, 1.807) is 43.5 Å². The smallest absolute Gasteiger partial charge is 0.226 e. The van der Waals surface area contributed by atoms with E-state index in [9.17, 15) is 14.3 Å². The number of nitrogens with zero attached hydrogens (tertiary/aromatic N) is 2. The molecule has 8 heteroatoms. The van der Waals surface area contributed by atoms with Crippen LogP contribution in [0.25, 0.3) is 11.4 Å². The maximum Gasteiger partial charge on any atom is 0.226 e. The molecule has 0 radical (unpaired) electrons. The molecule has 2 aromatic carbocycles. The Kier molecular flexibility index (Phi) is 6.91. The highest BCUT2D eigenvalue weighted by atomic mass is 19.1. The number of rotatable bonds is 9. The summed E-state index contributed by atoms with van der Waals surface area (Å²) in [6.07, 6.45) is 0.445. The molecule has 7 nitrogen and oxygen atoms in total. The summed E-state index contributed by atoms with van der Waals surface area (Å²) >= 11 is 0. The van der Waals surface area contributed by atoms with Gasteiger partial charge in [-0.2, -0.15) is 4.98 Å².